The standard InChI is InChI=1S/C14H23F3N2O/c15-14(16,17)13(7-9-18-10-13)12(20)19-8-3-6-11-4-1-2-5-11/h11,18H,1-10H2,(H,19,20). The topological polar surface area (TPSA) is 41.1 Å². The third kappa shape index (κ3) is 3.27. The first-order valence-electron chi connectivity index (χ1n) is 7.51. The molecule has 3 nitrogen and oxygen atoms in total. The van der Waals surface area contributed by atoms with Crippen LogP contribution in [0.3, 0.4) is 0 Å². The Kier molecular flexibility index (Phi) is 4.94. The van der Waals surface area contributed by atoms with Gasteiger partial charge in [0.05, 0.1) is 0 Å². The molecule has 2 aliphatic rings. The molecule has 1 amide bonds. The number of amides is 1. The summed E-state index contributed by atoms with van der Waals surface area (Å²) in [6.07, 6.45) is 2.13. The molecule has 1 aliphatic heterocycles. The minimum Gasteiger partial charge on any atom is -0.355 e. The minimum atomic E-state index is -4.48. The molecule has 2 rings (SSSR count). The van der Waals surface area contributed by atoms with Gasteiger partial charge in [-0.05, 0) is 31.7 Å². The summed E-state index contributed by atoms with van der Waals surface area (Å²) in [6, 6.07) is 0. The van der Waals surface area contributed by atoms with E-state index in [9.17, 15) is 18.0 Å². The van der Waals surface area contributed by atoms with E-state index in [1.165, 1.54) is 25.7 Å². The van der Waals surface area contributed by atoms with Gasteiger partial charge in [-0.3, -0.25) is 4.79 Å². The summed E-state index contributed by atoms with van der Waals surface area (Å²) in [5, 5.41) is 5.15. The van der Waals surface area contributed by atoms with Crippen molar-refractivity contribution in [2.45, 2.75) is 51.1 Å². The van der Waals surface area contributed by atoms with Crippen LogP contribution in [0.15, 0.2) is 0 Å². The maximum atomic E-state index is 13.1. The second-order valence-electron chi connectivity index (χ2n) is 6.06. The van der Waals surface area contributed by atoms with Gasteiger partial charge in [0.25, 0.3) is 0 Å². The van der Waals surface area contributed by atoms with Crippen LogP contribution in [0, 0.1) is 11.3 Å². The van der Waals surface area contributed by atoms with Crippen LogP contribution in [-0.2, 0) is 4.79 Å². The van der Waals surface area contributed by atoms with Crippen LogP contribution >= 0.6 is 0 Å². The summed E-state index contributed by atoms with van der Waals surface area (Å²) < 4.78 is 39.4. The second-order valence-corrected chi connectivity index (χ2v) is 6.06. The first-order valence-corrected chi connectivity index (χ1v) is 7.51. The maximum absolute atomic E-state index is 13.1. The van der Waals surface area contributed by atoms with E-state index in [4.69, 9.17) is 0 Å². The van der Waals surface area contributed by atoms with Crippen molar-refractivity contribution >= 4 is 5.91 Å². The van der Waals surface area contributed by atoms with Crippen molar-refractivity contribution in [2.75, 3.05) is 19.6 Å². The second kappa shape index (κ2) is 6.33. The van der Waals surface area contributed by atoms with E-state index in [2.05, 4.69) is 10.6 Å². The Balaban J connectivity index is 1.77. The van der Waals surface area contributed by atoms with Gasteiger partial charge in [-0.1, -0.05) is 25.7 Å². The Morgan fingerprint density at radius 2 is 2.00 bits per heavy atom. The molecule has 1 saturated heterocycles. The molecule has 1 atom stereocenters. The fourth-order valence-electron chi connectivity index (χ4n) is 3.32. The molecule has 1 unspecified atom stereocenters. The molecule has 2 fully saturated rings. The molecule has 0 aromatic heterocycles. The molecule has 0 aromatic carbocycles. The highest BCUT2D eigenvalue weighted by molar-refractivity contribution is 5.84. The van der Waals surface area contributed by atoms with Gasteiger partial charge in [-0.25, -0.2) is 0 Å². The summed E-state index contributed by atoms with van der Waals surface area (Å²) in [6.45, 7) is 0.299. The van der Waals surface area contributed by atoms with Gasteiger partial charge in [0.15, 0.2) is 5.41 Å². The van der Waals surface area contributed by atoms with Crippen molar-refractivity contribution in [1.29, 1.82) is 0 Å². The highest BCUT2D eigenvalue weighted by Gasteiger charge is 2.61. The molecule has 1 heterocycles. The molecule has 2 N–H and O–H groups in total. The van der Waals surface area contributed by atoms with Gasteiger partial charge >= 0.3 is 6.18 Å². The zero-order valence-electron chi connectivity index (χ0n) is 11.7. The van der Waals surface area contributed by atoms with Gasteiger partial charge in [0, 0.05) is 13.1 Å². The summed E-state index contributed by atoms with van der Waals surface area (Å²) in [5.74, 6) is -0.155. The SMILES string of the molecule is O=C(NCCCC1CCCC1)C1(C(F)(F)F)CCNC1. The number of halogens is 3. The number of carbonyl (C=O) groups excluding carboxylic acids is 1. The van der Waals surface area contributed by atoms with Gasteiger partial charge in [-0.15, -0.1) is 0 Å². The molecule has 0 radical (unpaired) electrons. The number of hydrogen-bond acceptors (Lipinski definition) is 2. The molecule has 116 valence electrons. The summed E-state index contributed by atoms with van der Waals surface area (Å²) in [7, 11) is 0. The van der Waals surface area contributed by atoms with Crippen LogP contribution in [-0.4, -0.2) is 31.7 Å². The van der Waals surface area contributed by atoms with Crippen molar-refractivity contribution in [3.63, 3.8) is 0 Å². The number of carbonyl (C=O) groups is 1. The van der Waals surface area contributed by atoms with Crippen LogP contribution in [0.25, 0.3) is 0 Å². The zero-order valence-corrected chi connectivity index (χ0v) is 11.7. The number of rotatable bonds is 5. The fraction of sp³-hybridized carbons (Fsp3) is 0.929. The number of hydrogen-bond donors (Lipinski definition) is 2. The highest BCUT2D eigenvalue weighted by atomic mass is 19.4. The van der Waals surface area contributed by atoms with Crippen molar-refractivity contribution in [2.24, 2.45) is 11.3 Å². The van der Waals surface area contributed by atoms with E-state index in [1.807, 2.05) is 0 Å². The van der Waals surface area contributed by atoms with E-state index < -0.39 is 17.5 Å². The summed E-state index contributed by atoms with van der Waals surface area (Å²) >= 11 is 0. The van der Waals surface area contributed by atoms with Gasteiger partial charge in [0.1, 0.15) is 0 Å². The zero-order chi connectivity index (χ0) is 14.6. The Morgan fingerprint density at radius 1 is 1.30 bits per heavy atom. The number of nitrogens with one attached hydrogen (secondary N) is 2. The Labute approximate surface area is 117 Å². The number of alkyl halides is 3. The van der Waals surface area contributed by atoms with E-state index in [1.54, 1.807) is 0 Å². The lowest BCUT2D eigenvalue weighted by molar-refractivity contribution is -0.216. The Bertz CT molecular complexity index is 332. The molecule has 0 spiro atoms. The first-order chi connectivity index (χ1) is 9.46. The quantitative estimate of drug-likeness (QED) is 0.765. The summed E-state index contributed by atoms with van der Waals surface area (Å²) in [4.78, 5) is 11.9. The predicted molar refractivity (Wildman–Crippen MR) is 70.2 cm³/mol. The monoisotopic (exact) mass is 292 g/mol. The van der Waals surface area contributed by atoms with Gasteiger partial charge in [-0.2, -0.15) is 13.2 Å². The normalized spacial score (nSPS) is 27.9. The lowest BCUT2D eigenvalue weighted by Gasteiger charge is -2.29. The molecule has 1 aliphatic carbocycles. The lowest BCUT2D eigenvalue weighted by atomic mass is 9.85. The smallest absolute Gasteiger partial charge is 0.355 e. The van der Waals surface area contributed by atoms with Crippen LogP contribution < -0.4 is 10.6 Å². The van der Waals surface area contributed by atoms with Crippen LogP contribution in [0.4, 0.5) is 13.2 Å². The van der Waals surface area contributed by atoms with Crippen LogP contribution in [0.2, 0.25) is 0 Å². The van der Waals surface area contributed by atoms with Crippen molar-refractivity contribution in [1.82, 2.24) is 10.6 Å². The molecule has 0 aromatic rings. The van der Waals surface area contributed by atoms with Gasteiger partial charge in [0.2, 0.25) is 5.91 Å². The predicted octanol–water partition coefficient (Wildman–Crippen LogP) is 2.62. The first kappa shape index (κ1) is 15.6. The Morgan fingerprint density at radius 3 is 2.55 bits per heavy atom. The minimum absolute atomic E-state index is 0.162. The van der Waals surface area contributed by atoms with Crippen molar-refractivity contribution in [3.8, 4) is 0 Å². The van der Waals surface area contributed by atoms with E-state index in [-0.39, 0.29) is 19.5 Å². The van der Waals surface area contributed by atoms with Gasteiger partial charge < -0.3 is 10.6 Å². The third-order valence-electron chi connectivity index (χ3n) is 4.68. The average Bonchev–Trinajstić information content (AvgIpc) is 3.04. The Hall–Kier alpha value is -0.780. The molecule has 20 heavy (non-hydrogen) atoms. The van der Waals surface area contributed by atoms with Crippen LogP contribution in [0.1, 0.15) is 44.9 Å². The average molecular weight is 292 g/mol. The largest absolute Gasteiger partial charge is 0.404 e. The third-order valence-corrected chi connectivity index (χ3v) is 4.68. The summed E-state index contributed by atoms with van der Waals surface area (Å²) in [5.41, 5.74) is -2.22. The van der Waals surface area contributed by atoms with E-state index >= 15 is 0 Å². The van der Waals surface area contributed by atoms with Crippen LogP contribution in [0.5, 0.6) is 0 Å². The lowest BCUT2D eigenvalue weighted by Crippen LogP contribution is -2.52. The molecule has 0 bridgehead atoms. The highest BCUT2D eigenvalue weighted by Crippen LogP contribution is 2.43. The molecule has 6 heteroatoms. The van der Waals surface area contributed by atoms with E-state index in [0.717, 1.165) is 12.8 Å². The molecular formula is C14H23F3N2O. The van der Waals surface area contributed by atoms with Crippen molar-refractivity contribution < 1.29 is 18.0 Å². The van der Waals surface area contributed by atoms with E-state index in [0.29, 0.717) is 12.5 Å². The van der Waals surface area contributed by atoms with Crippen molar-refractivity contribution in [3.05, 3.63) is 0 Å². The maximum Gasteiger partial charge on any atom is 0.404 e. The fourth-order valence-corrected chi connectivity index (χ4v) is 3.32. The molecule has 1 saturated carbocycles. The molecular weight excluding hydrogens is 269 g/mol.